The largest absolute Gasteiger partial charge is 0.397 e. The van der Waals surface area contributed by atoms with Crippen LogP contribution >= 0.6 is 0 Å². The summed E-state index contributed by atoms with van der Waals surface area (Å²) in [5.74, 6) is -0.454. The van der Waals surface area contributed by atoms with Gasteiger partial charge in [0.2, 0.25) is 5.91 Å². The fourth-order valence-corrected chi connectivity index (χ4v) is 1.89. The number of rotatable bonds is 4. The Labute approximate surface area is 100 Å². The molecule has 1 unspecified atom stereocenters. The van der Waals surface area contributed by atoms with E-state index in [1.807, 2.05) is 0 Å². The topological polar surface area (TPSA) is 90.4 Å². The second kappa shape index (κ2) is 5.05. The first-order valence-electron chi connectivity index (χ1n) is 5.71. The van der Waals surface area contributed by atoms with Gasteiger partial charge in [0.25, 0.3) is 0 Å². The molecule has 0 aromatic heterocycles. The van der Waals surface area contributed by atoms with E-state index >= 15 is 0 Å². The van der Waals surface area contributed by atoms with E-state index in [4.69, 9.17) is 16.2 Å². The van der Waals surface area contributed by atoms with Crippen LogP contribution in [0.2, 0.25) is 0 Å². The molecule has 0 radical (unpaired) electrons. The van der Waals surface area contributed by atoms with Crippen LogP contribution in [0.15, 0.2) is 18.2 Å². The number of ether oxygens (including phenoxy) is 1. The smallest absolute Gasteiger partial charge is 0.248 e. The van der Waals surface area contributed by atoms with Gasteiger partial charge >= 0.3 is 0 Å². The van der Waals surface area contributed by atoms with Crippen LogP contribution in [-0.4, -0.2) is 25.2 Å². The zero-order valence-corrected chi connectivity index (χ0v) is 9.61. The van der Waals surface area contributed by atoms with E-state index in [1.165, 1.54) is 0 Å². The van der Waals surface area contributed by atoms with Gasteiger partial charge < -0.3 is 21.5 Å². The highest BCUT2D eigenvalue weighted by atomic mass is 16.5. The fraction of sp³-hybridized carbons (Fsp3) is 0.417. The molecule has 1 aliphatic heterocycles. The summed E-state index contributed by atoms with van der Waals surface area (Å²) in [7, 11) is 0. The lowest BCUT2D eigenvalue weighted by atomic mass is 10.1. The maximum absolute atomic E-state index is 11.1. The summed E-state index contributed by atoms with van der Waals surface area (Å²) in [5.41, 5.74) is 12.8. The number of benzene rings is 1. The van der Waals surface area contributed by atoms with Gasteiger partial charge in [-0.1, -0.05) is 0 Å². The molecule has 17 heavy (non-hydrogen) atoms. The third-order valence-electron chi connectivity index (χ3n) is 2.88. The summed E-state index contributed by atoms with van der Waals surface area (Å²) in [6.07, 6.45) is 2.39. The van der Waals surface area contributed by atoms with E-state index < -0.39 is 5.91 Å². The molecule has 0 saturated carbocycles. The number of carbonyl (C=O) groups is 1. The molecule has 0 aliphatic carbocycles. The Bertz CT molecular complexity index is 414. The molecule has 5 N–H and O–H groups in total. The molecule has 1 heterocycles. The van der Waals surface area contributed by atoms with Crippen molar-refractivity contribution < 1.29 is 9.53 Å². The number of hydrogen-bond acceptors (Lipinski definition) is 4. The van der Waals surface area contributed by atoms with Gasteiger partial charge in [-0.15, -0.1) is 0 Å². The van der Waals surface area contributed by atoms with Crippen molar-refractivity contribution in [2.24, 2.45) is 5.73 Å². The molecule has 1 aromatic rings. The fourth-order valence-electron chi connectivity index (χ4n) is 1.89. The number of carbonyl (C=O) groups excluding carboxylic acids is 1. The monoisotopic (exact) mass is 235 g/mol. The van der Waals surface area contributed by atoms with Gasteiger partial charge in [0.15, 0.2) is 0 Å². The average Bonchev–Trinajstić information content (AvgIpc) is 2.80. The summed E-state index contributed by atoms with van der Waals surface area (Å²) in [4.78, 5) is 11.1. The Hall–Kier alpha value is -1.75. The molecule has 0 spiro atoms. The Morgan fingerprint density at radius 1 is 1.53 bits per heavy atom. The van der Waals surface area contributed by atoms with Crippen LogP contribution in [0.1, 0.15) is 23.2 Å². The number of anilines is 2. The van der Waals surface area contributed by atoms with Crippen LogP contribution in [0.25, 0.3) is 0 Å². The Morgan fingerprint density at radius 3 is 3.00 bits per heavy atom. The first-order chi connectivity index (χ1) is 8.16. The third kappa shape index (κ3) is 2.88. The number of amides is 1. The molecule has 1 aliphatic rings. The molecule has 0 bridgehead atoms. The minimum atomic E-state index is -0.454. The Morgan fingerprint density at radius 2 is 2.35 bits per heavy atom. The number of nitrogens with two attached hydrogens (primary N) is 2. The van der Waals surface area contributed by atoms with Crippen molar-refractivity contribution in [3.05, 3.63) is 23.8 Å². The summed E-state index contributed by atoms with van der Waals surface area (Å²) < 4.78 is 5.50. The van der Waals surface area contributed by atoms with Crippen molar-refractivity contribution in [2.75, 3.05) is 24.2 Å². The predicted octanol–water partition coefficient (Wildman–Crippen LogP) is 0.959. The SMILES string of the molecule is NC(=O)c1ccc(N)c(NCC2CCCO2)c1. The molecule has 1 amide bonds. The van der Waals surface area contributed by atoms with Gasteiger partial charge in [-0.25, -0.2) is 0 Å². The summed E-state index contributed by atoms with van der Waals surface area (Å²) >= 11 is 0. The molecular weight excluding hydrogens is 218 g/mol. The van der Waals surface area contributed by atoms with Crippen LogP contribution in [0.4, 0.5) is 11.4 Å². The molecule has 1 aromatic carbocycles. The van der Waals surface area contributed by atoms with Gasteiger partial charge in [0.1, 0.15) is 0 Å². The first kappa shape index (κ1) is 11.7. The van der Waals surface area contributed by atoms with Crippen LogP contribution in [0.5, 0.6) is 0 Å². The second-order valence-electron chi connectivity index (χ2n) is 4.18. The number of hydrogen-bond donors (Lipinski definition) is 3. The number of primary amides is 1. The van der Waals surface area contributed by atoms with Crippen LogP contribution in [-0.2, 0) is 4.74 Å². The van der Waals surface area contributed by atoms with Crippen LogP contribution in [0, 0.1) is 0 Å². The second-order valence-corrected chi connectivity index (χ2v) is 4.18. The van der Waals surface area contributed by atoms with Crippen LogP contribution in [0.3, 0.4) is 0 Å². The number of nitrogens with one attached hydrogen (secondary N) is 1. The van der Waals surface area contributed by atoms with Gasteiger partial charge in [-0.3, -0.25) is 4.79 Å². The highest BCUT2D eigenvalue weighted by Gasteiger charge is 2.15. The molecule has 2 rings (SSSR count). The van der Waals surface area contributed by atoms with Crippen molar-refractivity contribution in [3.63, 3.8) is 0 Å². The van der Waals surface area contributed by atoms with Crippen molar-refractivity contribution in [2.45, 2.75) is 18.9 Å². The van der Waals surface area contributed by atoms with Gasteiger partial charge in [0, 0.05) is 18.7 Å². The lowest BCUT2D eigenvalue weighted by molar-refractivity contribution is 0.100. The first-order valence-corrected chi connectivity index (χ1v) is 5.71. The average molecular weight is 235 g/mol. The van der Waals surface area contributed by atoms with Crippen molar-refractivity contribution in [1.29, 1.82) is 0 Å². The zero-order valence-electron chi connectivity index (χ0n) is 9.61. The van der Waals surface area contributed by atoms with Gasteiger partial charge in [-0.05, 0) is 31.0 Å². The standard InChI is InChI=1S/C12H17N3O2/c13-10-4-3-8(12(14)16)6-11(10)15-7-9-2-1-5-17-9/h3-4,6,9,15H,1-2,5,7,13H2,(H2,14,16). The van der Waals surface area contributed by atoms with E-state index in [-0.39, 0.29) is 6.10 Å². The van der Waals surface area contributed by atoms with E-state index in [0.717, 1.165) is 25.1 Å². The van der Waals surface area contributed by atoms with Crippen LogP contribution < -0.4 is 16.8 Å². The molecule has 1 fully saturated rings. The third-order valence-corrected chi connectivity index (χ3v) is 2.88. The van der Waals surface area contributed by atoms with E-state index in [9.17, 15) is 4.79 Å². The maximum Gasteiger partial charge on any atom is 0.248 e. The van der Waals surface area contributed by atoms with Crippen molar-refractivity contribution in [1.82, 2.24) is 0 Å². The van der Waals surface area contributed by atoms with Gasteiger partial charge in [0.05, 0.1) is 17.5 Å². The highest BCUT2D eigenvalue weighted by Crippen LogP contribution is 2.21. The predicted molar refractivity (Wildman–Crippen MR) is 66.8 cm³/mol. The summed E-state index contributed by atoms with van der Waals surface area (Å²) in [5, 5.41) is 3.19. The maximum atomic E-state index is 11.1. The lowest BCUT2D eigenvalue weighted by Gasteiger charge is -2.14. The molecular formula is C12H17N3O2. The Balaban J connectivity index is 2.03. The number of nitrogen functional groups attached to an aromatic ring is 1. The quantitative estimate of drug-likeness (QED) is 0.678. The molecule has 5 heteroatoms. The minimum Gasteiger partial charge on any atom is -0.397 e. The molecule has 92 valence electrons. The van der Waals surface area contributed by atoms with Crippen molar-refractivity contribution in [3.8, 4) is 0 Å². The van der Waals surface area contributed by atoms with E-state index in [0.29, 0.717) is 17.8 Å². The van der Waals surface area contributed by atoms with E-state index in [2.05, 4.69) is 5.32 Å². The molecule has 1 atom stereocenters. The van der Waals surface area contributed by atoms with E-state index in [1.54, 1.807) is 18.2 Å². The lowest BCUT2D eigenvalue weighted by Crippen LogP contribution is -2.19. The summed E-state index contributed by atoms with van der Waals surface area (Å²) in [6, 6.07) is 4.97. The molecule has 1 saturated heterocycles. The van der Waals surface area contributed by atoms with Gasteiger partial charge in [-0.2, -0.15) is 0 Å². The van der Waals surface area contributed by atoms with Crippen molar-refractivity contribution >= 4 is 17.3 Å². The normalized spacial score (nSPS) is 19.2. The highest BCUT2D eigenvalue weighted by molar-refractivity contribution is 5.94. The Kier molecular flexibility index (Phi) is 3.49. The zero-order chi connectivity index (χ0) is 12.3. The molecule has 5 nitrogen and oxygen atoms in total. The summed E-state index contributed by atoms with van der Waals surface area (Å²) in [6.45, 7) is 1.52. The minimum absolute atomic E-state index is 0.228.